The van der Waals surface area contributed by atoms with E-state index in [0.29, 0.717) is 18.0 Å². The van der Waals surface area contributed by atoms with Crippen LogP contribution in [0.4, 0.5) is 8.78 Å². The number of piperidine rings is 1. The summed E-state index contributed by atoms with van der Waals surface area (Å²) in [6.07, 6.45) is 7.18. The second kappa shape index (κ2) is 15.4. The number of aryl methyl sites for hydroxylation is 1. The Labute approximate surface area is 247 Å². The van der Waals surface area contributed by atoms with Gasteiger partial charge in [-0.15, -0.1) is 0 Å². The summed E-state index contributed by atoms with van der Waals surface area (Å²) >= 11 is 0. The molecule has 3 N–H and O–H groups in total. The number of halogens is 2. The SMILES string of the molecule is C=C(NCCCC[C-](C)N)c1ccc(-c2ccc(CCC3CCN(CC(C)(C)F)CC3)cc2F)cc1.[U]. The fraction of sp³-hybridized carbons (Fsp3) is 0.516. The van der Waals surface area contributed by atoms with Crippen LogP contribution in [0.25, 0.3) is 16.8 Å². The number of hydrogen-bond acceptors (Lipinski definition) is 3. The van der Waals surface area contributed by atoms with Gasteiger partial charge in [0.15, 0.2) is 0 Å². The molecule has 1 heterocycles. The van der Waals surface area contributed by atoms with Gasteiger partial charge in [0.2, 0.25) is 0 Å². The molecule has 2 aromatic carbocycles. The van der Waals surface area contributed by atoms with Gasteiger partial charge in [-0.2, -0.15) is 13.3 Å². The fourth-order valence-electron chi connectivity index (χ4n) is 5.01. The van der Waals surface area contributed by atoms with E-state index in [-0.39, 0.29) is 36.9 Å². The minimum absolute atomic E-state index is 0. The van der Waals surface area contributed by atoms with E-state index in [4.69, 9.17) is 5.73 Å². The Morgan fingerprint density at radius 2 is 1.81 bits per heavy atom. The van der Waals surface area contributed by atoms with Gasteiger partial charge in [-0.05, 0) is 87.7 Å². The average Bonchev–Trinajstić information content (AvgIpc) is 2.82. The molecule has 1 saturated heterocycles. The first-order valence-corrected chi connectivity index (χ1v) is 13.4. The van der Waals surface area contributed by atoms with E-state index in [1.54, 1.807) is 19.9 Å². The van der Waals surface area contributed by atoms with Crippen molar-refractivity contribution in [3.05, 3.63) is 72.0 Å². The van der Waals surface area contributed by atoms with E-state index in [1.165, 1.54) is 0 Å². The number of hydrogen-bond donors (Lipinski definition) is 2. The molecule has 0 spiro atoms. The second-order valence-electron chi connectivity index (χ2n) is 11.1. The van der Waals surface area contributed by atoms with E-state index in [9.17, 15) is 8.78 Å². The first-order chi connectivity index (χ1) is 17.1. The molecular formula is C31H44F2N3U-. The van der Waals surface area contributed by atoms with Crippen LogP contribution >= 0.6 is 0 Å². The van der Waals surface area contributed by atoms with Crippen LogP contribution in [-0.2, 0) is 6.42 Å². The smallest absolute Gasteiger partial charge is 0.131 e. The molecule has 0 aromatic heterocycles. The van der Waals surface area contributed by atoms with Crippen LogP contribution in [0.3, 0.4) is 0 Å². The number of nitrogens with one attached hydrogen (secondary N) is 1. The van der Waals surface area contributed by atoms with Gasteiger partial charge in [-0.1, -0.05) is 49.4 Å². The predicted octanol–water partition coefficient (Wildman–Crippen LogP) is 7.13. The van der Waals surface area contributed by atoms with Gasteiger partial charge < -0.3 is 16.0 Å². The van der Waals surface area contributed by atoms with E-state index < -0.39 is 5.67 Å². The average molecular weight is 735 g/mol. The Kier molecular flexibility index (Phi) is 13.3. The molecule has 1 aliphatic heterocycles. The fourth-order valence-corrected chi connectivity index (χ4v) is 5.01. The minimum Gasteiger partial charge on any atom is -0.481 e. The Morgan fingerprint density at radius 1 is 1.14 bits per heavy atom. The molecule has 0 unspecified atom stereocenters. The number of nitrogens with two attached hydrogens (primary N) is 1. The Balaban J connectivity index is 0.00000481. The molecule has 202 valence electrons. The Bertz CT molecular complexity index is 961. The van der Waals surface area contributed by atoms with Crippen LogP contribution in [0.15, 0.2) is 49.0 Å². The maximum absolute atomic E-state index is 15.0. The van der Waals surface area contributed by atoms with Crippen molar-refractivity contribution in [1.29, 1.82) is 0 Å². The number of rotatable bonds is 13. The van der Waals surface area contributed by atoms with Crippen molar-refractivity contribution >= 4 is 5.70 Å². The van der Waals surface area contributed by atoms with Crippen molar-refractivity contribution in [1.82, 2.24) is 10.2 Å². The second-order valence-corrected chi connectivity index (χ2v) is 11.1. The molecule has 6 heteroatoms. The van der Waals surface area contributed by atoms with Crippen LogP contribution < -0.4 is 11.1 Å². The summed E-state index contributed by atoms with van der Waals surface area (Å²) in [6.45, 7) is 12.7. The van der Waals surface area contributed by atoms with Crippen LogP contribution in [0, 0.1) is 48.9 Å². The monoisotopic (exact) mass is 734 g/mol. The number of nitrogens with zero attached hydrogens (tertiary/aromatic N) is 1. The van der Waals surface area contributed by atoms with Gasteiger partial charge >= 0.3 is 0 Å². The summed E-state index contributed by atoms with van der Waals surface area (Å²) in [5.74, 6) is 0.452. The number of likely N-dealkylation sites (tertiary alicyclic amines) is 1. The van der Waals surface area contributed by atoms with Crippen LogP contribution in [-0.4, -0.2) is 36.7 Å². The van der Waals surface area contributed by atoms with Crippen molar-refractivity contribution in [3.8, 4) is 11.1 Å². The molecule has 0 saturated carbocycles. The normalized spacial score (nSPS) is 15.0. The van der Waals surface area contributed by atoms with Gasteiger partial charge in [0.25, 0.3) is 0 Å². The van der Waals surface area contributed by atoms with E-state index >= 15 is 0 Å². The summed E-state index contributed by atoms with van der Waals surface area (Å²) in [7, 11) is 0. The van der Waals surface area contributed by atoms with E-state index in [0.717, 1.165) is 93.0 Å². The molecule has 0 aliphatic carbocycles. The van der Waals surface area contributed by atoms with E-state index in [2.05, 4.69) is 16.8 Å². The maximum Gasteiger partial charge on any atom is 0.131 e. The predicted molar refractivity (Wildman–Crippen MR) is 149 cm³/mol. The number of alkyl halides is 1. The van der Waals surface area contributed by atoms with Crippen molar-refractivity contribution < 1.29 is 39.9 Å². The Hall–Kier alpha value is -1.19. The summed E-state index contributed by atoms with van der Waals surface area (Å²) in [5.41, 5.74) is 9.00. The summed E-state index contributed by atoms with van der Waals surface area (Å²) in [5, 5.41) is 3.37. The zero-order chi connectivity index (χ0) is 26.1. The van der Waals surface area contributed by atoms with Gasteiger partial charge in [0.1, 0.15) is 11.5 Å². The van der Waals surface area contributed by atoms with Gasteiger partial charge in [0, 0.05) is 55.5 Å². The molecule has 3 rings (SSSR count). The summed E-state index contributed by atoms with van der Waals surface area (Å²) < 4.78 is 28.9. The quantitative estimate of drug-likeness (QED) is 0.170. The molecule has 0 amide bonds. The maximum atomic E-state index is 15.0. The molecule has 1 aliphatic rings. The molecule has 0 atom stereocenters. The van der Waals surface area contributed by atoms with Crippen molar-refractivity contribution in [2.45, 2.75) is 71.4 Å². The zero-order valence-corrected chi connectivity index (χ0v) is 27.0. The molecular weight excluding hydrogens is 690 g/mol. The summed E-state index contributed by atoms with van der Waals surface area (Å²) in [4.78, 5) is 2.23. The van der Waals surface area contributed by atoms with Crippen molar-refractivity contribution in [2.75, 3.05) is 26.2 Å². The van der Waals surface area contributed by atoms with Gasteiger partial charge in [-0.25, -0.2) is 8.78 Å². The number of benzene rings is 2. The molecule has 2 aromatic rings. The molecule has 0 bridgehead atoms. The minimum atomic E-state index is -1.14. The molecule has 3 nitrogen and oxygen atoms in total. The van der Waals surface area contributed by atoms with Gasteiger partial charge in [0.05, 0.1) is 0 Å². The number of unbranched alkanes of at least 4 members (excludes halogenated alkanes) is 1. The van der Waals surface area contributed by atoms with Gasteiger partial charge in [-0.3, -0.25) is 6.04 Å². The Morgan fingerprint density at radius 3 is 2.41 bits per heavy atom. The van der Waals surface area contributed by atoms with E-state index in [1.807, 2.05) is 43.3 Å². The zero-order valence-electron chi connectivity index (χ0n) is 22.9. The van der Waals surface area contributed by atoms with Crippen molar-refractivity contribution in [3.63, 3.8) is 0 Å². The first kappa shape index (κ1) is 32.0. The first-order valence-electron chi connectivity index (χ1n) is 13.4. The third-order valence-electron chi connectivity index (χ3n) is 7.06. The van der Waals surface area contributed by atoms with Crippen LogP contribution in [0.5, 0.6) is 0 Å². The molecule has 37 heavy (non-hydrogen) atoms. The largest absolute Gasteiger partial charge is 0.481 e. The standard InChI is InChI=1S/C31H44F2N3.U/c1-23(34)7-5-6-18-35-24(2)27-11-13-28(14-12-27)29-15-10-26(21-30(29)32)9-8-25-16-19-36(20-17-25)22-31(3,4)33;/h10-15,21,25,35H,2,5-9,16-20,22,34H2,1,3-4H3;/q-1;. The third-order valence-corrected chi connectivity index (χ3v) is 7.06. The van der Waals surface area contributed by atoms with Crippen molar-refractivity contribution in [2.24, 2.45) is 11.7 Å². The van der Waals surface area contributed by atoms with Crippen LogP contribution in [0.2, 0.25) is 0 Å². The van der Waals surface area contributed by atoms with Crippen LogP contribution in [0.1, 0.15) is 70.4 Å². The third kappa shape index (κ3) is 11.2. The molecule has 1 fully saturated rings. The topological polar surface area (TPSA) is 41.3 Å². The molecule has 0 radical (unpaired) electrons. The summed E-state index contributed by atoms with van der Waals surface area (Å²) in [6, 6.07) is 14.5.